The summed E-state index contributed by atoms with van der Waals surface area (Å²) >= 11 is 0. The van der Waals surface area contributed by atoms with Gasteiger partial charge >= 0.3 is 0 Å². The number of nitrogens with two attached hydrogens (primary N) is 1. The first-order valence-electron chi connectivity index (χ1n) is 4.86. The number of allylic oxidation sites excluding steroid dienone is 1. The molecule has 1 rings (SSSR count). The van der Waals surface area contributed by atoms with Crippen LogP contribution in [0.2, 0.25) is 0 Å². The maximum Gasteiger partial charge on any atom is 0.0512 e. The van der Waals surface area contributed by atoms with Crippen LogP contribution < -0.4 is 5.73 Å². The Balaban J connectivity index is 2.03. The van der Waals surface area contributed by atoms with E-state index in [0.29, 0.717) is 12.5 Å². The van der Waals surface area contributed by atoms with Crippen LogP contribution in [0.4, 0.5) is 0 Å². The quantitative estimate of drug-likeness (QED) is 0.645. The molecular weight excluding hydrogens is 164 g/mol. The monoisotopic (exact) mass is 182 g/mol. The van der Waals surface area contributed by atoms with Crippen molar-refractivity contribution in [2.45, 2.75) is 12.8 Å². The van der Waals surface area contributed by atoms with Gasteiger partial charge in [0.2, 0.25) is 0 Å². The highest BCUT2D eigenvalue weighted by atomic mass is 16.5. The summed E-state index contributed by atoms with van der Waals surface area (Å²) in [5.41, 5.74) is 5.33. The van der Waals surface area contributed by atoms with Crippen molar-refractivity contribution in [3.63, 3.8) is 0 Å². The smallest absolute Gasteiger partial charge is 0.0512 e. The molecule has 1 saturated heterocycles. The van der Waals surface area contributed by atoms with Gasteiger partial charge in [-0.25, -0.2) is 0 Å². The molecule has 0 radical (unpaired) electrons. The van der Waals surface area contributed by atoms with Crippen LogP contribution in [-0.4, -0.2) is 32.5 Å². The van der Waals surface area contributed by atoms with E-state index in [9.17, 15) is 0 Å². The highest BCUT2D eigenvalue weighted by molar-refractivity contribution is 5.70. The maximum atomic E-state index is 5.33. The molecule has 1 atom stereocenters. The molecule has 1 heterocycles. The third-order valence-corrected chi connectivity index (χ3v) is 2.05. The maximum absolute atomic E-state index is 5.33. The summed E-state index contributed by atoms with van der Waals surface area (Å²) in [6.07, 6.45) is 7.94. The SMILES string of the molecule is NCC/C=C\C=NCC1CCOC1. The molecule has 74 valence electrons. The molecule has 2 N–H and O–H groups in total. The Labute approximate surface area is 79.7 Å². The number of ether oxygens (including phenoxy) is 1. The summed E-state index contributed by atoms with van der Waals surface area (Å²) in [5, 5.41) is 0. The van der Waals surface area contributed by atoms with E-state index in [2.05, 4.69) is 4.99 Å². The summed E-state index contributed by atoms with van der Waals surface area (Å²) in [6.45, 7) is 3.39. The van der Waals surface area contributed by atoms with Crippen LogP contribution in [0, 0.1) is 5.92 Å². The molecule has 0 spiro atoms. The average molecular weight is 182 g/mol. The van der Waals surface area contributed by atoms with Crippen molar-refractivity contribution in [3.8, 4) is 0 Å². The Bertz CT molecular complexity index is 172. The van der Waals surface area contributed by atoms with E-state index in [1.54, 1.807) is 0 Å². The van der Waals surface area contributed by atoms with Gasteiger partial charge in [-0.2, -0.15) is 0 Å². The Morgan fingerprint density at radius 1 is 1.54 bits per heavy atom. The summed E-state index contributed by atoms with van der Waals surface area (Å²) in [5.74, 6) is 0.638. The van der Waals surface area contributed by atoms with Crippen molar-refractivity contribution < 1.29 is 4.74 Å². The van der Waals surface area contributed by atoms with Gasteiger partial charge in [0.05, 0.1) is 6.61 Å². The molecule has 3 nitrogen and oxygen atoms in total. The van der Waals surface area contributed by atoms with Crippen LogP contribution >= 0.6 is 0 Å². The lowest BCUT2D eigenvalue weighted by atomic mass is 10.1. The predicted molar refractivity (Wildman–Crippen MR) is 55.1 cm³/mol. The fraction of sp³-hybridized carbons (Fsp3) is 0.700. The van der Waals surface area contributed by atoms with Crippen LogP contribution in [0.15, 0.2) is 17.1 Å². The lowest BCUT2D eigenvalue weighted by Gasteiger charge is -1.99. The Morgan fingerprint density at radius 2 is 2.46 bits per heavy atom. The van der Waals surface area contributed by atoms with Crippen molar-refractivity contribution in [2.24, 2.45) is 16.6 Å². The molecular formula is C10H18N2O. The van der Waals surface area contributed by atoms with Gasteiger partial charge in [-0.1, -0.05) is 6.08 Å². The molecule has 1 unspecified atom stereocenters. The topological polar surface area (TPSA) is 47.6 Å². The number of rotatable bonds is 5. The van der Waals surface area contributed by atoms with Crippen LogP contribution in [-0.2, 0) is 4.74 Å². The van der Waals surface area contributed by atoms with Crippen molar-refractivity contribution in [3.05, 3.63) is 12.2 Å². The molecule has 0 bridgehead atoms. The summed E-state index contributed by atoms with van der Waals surface area (Å²) in [6, 6.07) is 0. The molecule has 1 fully saturated rings. The second-order valence-electron chi connectivity index (χ2n) is 3.25. The molecule has 3 heteroatoms. The molecule has 0 amide bonds. The Hall–Kier alpha value is -0.670. The van der Waals surface area contributed by atoms with Gasteiger partial charge in [0.1, 0.15) is 0 Å². The van der Waals surface area contributed by atoms with E-state index in [-0.39, 0.29) is 0 Å². The number of hydrogen-bond acceptors (Lipinski definition) is 3. The standard InChI is InChI=1S/C10H18N2O/c11-5-2-1-3-6-12-8-10-4-7-13-9-10/h1,3,6,10H,2,4-5,7-9,11H2/b3-1-,12-6?. The minimum absolute atomic E-state index is 0.638. The molecule has 0 aromatic rings. The predicted octanol–water partition coefficient (Wildman–Crippen LogP) is 0.999. The zero-order valence-electron chi connectivity index (χ0n) is 7.98. The van der Waals surface area contributed by atoms with Crippen LogP contribution in [0.1, 0.15) is 12.8 Å². The lowest BCUT2D eigenvalue weighted by Crippen LogP contribution is -2.02. The molecule has 13 heavy (non-hydrogen) atoms. The fourth-order valence-corrected chi connectivity index (χ4v) is 1.25. The third kappa shape index (κ3) is 4.80. The average Bonchev–Trinajstić information content (AvgIpc) is 2.63. The lowest BCUT2D eigenvalue weighted by molar-refractivity contribution is 0.187. The van der Waals surface area contributed by atoms with Crippen molar-refractivity contribution in [1.82, 2.24) is 0 Å². The zero-order valence-corrected chi connectivity index (χ0v) is 7.98. The summed E-state index contributed by atoms with van der Waals surface area (Å²) in [7, 11) is 0. The first kappa shape index (κ1) is 10.4. The molecule has 0 saturated carbocycles. The normalized spacial score (nSPS) is 23.6. The minimum atomic E-state index is 0.638. The van der Waals surface area contributed by atoms with E-state index in [4.69, 9.17) is 10.5 Å². The largest absolute Gasteiger partial charge is 0.381 e. The number of nitrogens with zero attached hydrogens (tertiary/aromatic N) is 1. The van der Waals surface area contributed by atoms with Crippen molar-refractivity contribution in [1.29, 1.82) is 0 Å². The van der Waals surface area contributed by atoms with Crippen LogP contribution in [0.5, 0.6) is 0 Å². The fourth-order valence-electron chi connectivity index (χ4n) is 1.25. The molecule has 0 aromatic heterocycles. The van der Waals surface area contributed by atoms with Gasteiger partial charge in [0, 0.05) is 25.3 Å². The highest BCUT2D eigenvalue weighted by Gasteiger charge is 2.13. The van der Waals surface area contributed by atoms with Gasteiger partial charge in [-0.15, -0.1) is 0 Å². The van der Waals surface area contributed by atoms with E-state index >= 15 is 0 Å². The molecule has 0 aliphatic carbocycles. The third-order valence-electron chi connectivity index (χ3n) is 2.05. The van der Waals surface area contributed by atoms with Crippen molar-refractivity contribution in [2.75, 3.05) is 26.3 Å². The van der Waals surface area contributed by atoms with Gasteiger partial charge in [-0.3, -0.25) is 4.99 Å². The molecule has 1 aliphatic rings. The van der Waals surface area contributed by atoms with Gasteiger partial charge < -0.3 is 10.5 Å². The molecule has 0 aromatic carbocycles. The Kier molecular flexibility index (Phi) is 5.45. The van der Waals surface area contributed by atoms with Gasteiger partial charge in [0.15, 0.2) is 0 Å². The number of hydrogen-bond donors (Lipinski definition) is 1. The zero-order chi connectivity index (χ0) is 9.36. The summed E-state index contributed by atoms with van der Waals surface area (Å²) < 4.78 is 5.24. The molecule has 1 aliphatic heterocycles. The van der Waals surface area contributed by atoms with E-state index in [1.807, 2.05) is 18.4 Å². The second-order valence-corrected chi connectivity index (χ2v) is 3.25. The summed E-state index contributed by atoms with van der Waals surface area (Å²) in [4.78, 5) is 4.29. The van der Waals surface area contributed by atoms with E-state index in [1.165, 1.54) is 0 Å². The van der Waals surface area contributed by atoms with Gasteiger partial charge in [0.25, 0.3) is 0 Å². The van der Waals surface area contributed by atoms with E-state index < -0.39 is 0 Å². The first-order valence-corrected chi connectivity index (χ1v) is 4.86. The van der Waals surface area contributed by atoms with E-state index in [0.717, 1.165) is 32.6 Å². The number of aliphatic imine (C=N–C) groups is 1. The van der Waals surface area contributed by atoms with Crippen molar-refractivity contribution >= 4 is 6.21 Å². The second kappa shape index (κ2) is 6.80. The minimum Gasteiger partial charge on any atom is -0.381 e. The van der Waals surface area contributed by atoms with Crippen LogP contribution in [0.25, 0.3) is 0 Å². The highest BCUT2D eigenvalue weighted by Crippen LogP contribution is 2.11. The van der Waals surface area contributed by atoms with Gasteiger partial charge in [-0.05, 0) is 25.5 Å². The van der Waals surface area contributed by atoms with Crippen LogP contribution in [0.3, 0.4) is 0 Å². The first-order chi connectivity index (χ1) is 6.43. The Morgan fingerprint density at radius 3 is 3.15 bits per heavy atom.